The van der Waals surface area contributed by atoms with Gasteiger partial charge in [-0.25, -0.2) is 4.90 Å². The molecule has 5 heterocycles. The lowest BCUT2D eigenvalue weighted by Gasteiger charge is -2.19. The van der Waals surface area contributed by atoms with Gasteiger partial charge >= 0.3 is 19.4 Å². The van der Waals surface area contributed by atoms with E-state index in [1.807, 2.05) is 0 Å². The molecule has 2 aromatic heterocycles. The van der Waals surface area contributed by atoms with E-state index >= 15 is 0 Å². The molecular weight excluding hydrogens is 321 g/mol. The van der Waals surface area contributed by atoms with Crippen molar-refractivity contribution in [3.8, 4) is 6.01 Å². The number of carbonyl (C=O) groups excluding carboxylic acids is 2. The summed E-state index contributed by atoms with van der Waals surface area (Å²) in [5.41, 5.74) is -1.16. The average Bonchev–Trinajstić information content (AvgIpc) is 2.76. The minimum Gasteiger partial charge on any atom is -0.346 e. The first-order valence-corrected chi connectivity index (χ1v) is 7.33. The summed E-state index contributed by atoms with van der Waals surface area (Å²) in [6.07, 6.45) is 0. The Hall–Kier alpha value is -2.88. The zero-order chi connectivity index (χ0) is 15.8. The summed E-state index contributed by atoms with van der Waals surface area (Å²) in [5, 5.41) is 0. The molecule has 1 atom stereocenters. The number of nitrogens with zero attached hydrogens (tertiary/aromatic N) is 5. The van der Waals surface area contributed by atoms with Gasteiger partial charge in [0, 0.05) is 13.8 Å². The number of amides is 2. The summed E-state index contributed by atoms with van der Waals surface area (Å²) >= 11 is 0. The van der Waals surface area contributed by atoms with Crippen molar-refractivity contribution in [2.75, 3.05) is 4.90 Å². The van der Waals surface area contributed by atoms with Gasteiger partial charge in [0.25, 0.3) is 5.95 Å². The van der Waals surface area contributed by atoms with Gasteiger partial charge in [-0.1, -0.05) is 0 Å². The topological polar surface area (TPSA) is 135 Å². The molecule has 22 heavy (non-hydrogen) atoms. The Morgan fingerprint density at radius 3 is 2.41 bits per heavy atom. The molecule has 0 fully saturated rings. The molecule has 114 valence electrons. The maximum absolute atomic E-state index is 12.2. The first-order valence-electron chi connectivity index (χ1n) is 5.87. The normalized spacial score (nSPS) is 20.5. The van der Waals surface area contributed by atoms with Crippen LogP contribution in [0.2, 0.25) is 0 Å². The van der Waals surface area contributed by atoms with E-state index in [4.69, 9.17) is 13.8 Å². The Bertz CT molecular complexity index is 976. The lowest BCUT2D eigenvalue weighted by Crippen LogP contribution is -2.38. The third-order valence-electron chi connectivity index (χ3n) is 2.95. The predicted molar refractivity (Wildman–Crippen MR) is 67.0 cm³/mol. The number of imidazole rings is 1. The minimum atomic E-state index is -4.12. The summed E-state index contributed by atoms with van der Waals surface area (Å²) in [5.74, 6) is -1.92. The van der Waals surface area contributed by atoms with Crippen molar-refractivity contribution in [1.82, 2.24) is 19.4 Å². The van der Waals surface area contributed by atoms with E-state index < -0.39 is 31.1 Å². The van der Waals surface area contributed by atoms with Gasteiger partial charge in [-0.15, -0.1) is 9.46 Å². The highest BCUT2D eigenvalue weighted by Gasteiger charge is 2.50. The lowest BCUT2D eigenvalue weighted by molar-refractivity contribution is -0.124. The Labute approximate surface area is 120 Å². The van der Waals surface area contributed by atoms with Gasteiger partial charge in [0.05, 0.1) is 0 Å². The number of rotatable bonds is 1. The molecule has 13 heteroatoms. The van der Waals surface area contributed by atoms with Crippen molar-refractivity contribution < 1.29 is 27.9 Å². The van der Waals surface area contributed by atoms with E-state index in [2.05, 4.69) is 9.97 Å². The summed E-state index contributed by atoms with van der Waals surface area (Å²) in [6, 6.07) is -0.238. The summed E-state index contributed by atoms with van der Waals surface area (Å²) in [7, 11) is -4.12. The van der Waals surface area contributed by atoms with Crippen LogP contribution >= 0.6 is 7.82 Å². The third kappa shape index (κ3) is 1.41. The average molecular weight is 327 g/mol. The number of hydrogen-bond acceptors (Lipinski definition) is 9. The first kappa shape index (κ1) is 12.8. The number of phosphoric acid groups is 1. The molecule has 3 aliphatic rings. The number of anilines is 1. The zero-order valence-electron chi connectivity index (χ0n) is 11.0. The second-order valence-corrected chi connectivity index (χ2v) is 5.85. The monoisotopic (exact) mass is 327 g/mol. The van der Waals surface area contributed by atoms with E-state index in [1.54, 1.807) is 0 Å². The van der Waals surface area contributed by atoms with Crippen LogP contribution in [0.3, 0.4) is 0 Å². The fourth-order valence-corrected chi connectivity index (χ4v) is 3.30. The van der Waals surface area contributed by atoms with Crippen LogP contribution in [-0.2, 0) is 14.2 Å². The van der Waals surface area contributed by atoms with E-state index in [1.165, 1.54) is 0 Å². The molecule has 0 N–H and O–H groups in total. The van der Waals surface area contributed by atoms with Crippen molar-refractivity contribution in [2.45, 2.75) is 13.8 Å². The van der Waals surface area contributed by atoms with Gasteiger partial charge in [-0.2, -0.15) is 14.5 Å². The fraction of sp³-hybridized carbons (Fsp3) is 0.222. The van der Waals surface area contributed by atoms with Crippen LogP contribution in [0, 0.1) is 0 Å². The number of aromatic nitrogens is 4. The van der Waals surface area contributed by atoms with Crippen LogP contribution in [0.5, 0.6) is 6.01 Å². The highest BCUT2D eigenvalue weighted by molar-refractivity contribution is 7.49. The summed E-state index contributed by atoms with van der Waals surface area (Å²) in [6.45, 7) is 2.19. The van der Waals surface area contributed by atoms with Crippen LogP contribution in [-0.4, -0.2) is 31.2 Å². The van der Waals surface area contributed by atoms with E-state index in [9.17, 15) is 18.9 Å². The predicted octanol–water partition coefficient (Wildman–Crippen LogP) is -1.14. The molecule has 2 aromatic rings. The molecule has 12 nitrogen and oxygen atoms in total. The number of imide groups is 1. The second kappa shape index (κ2) is 3.65. The number of carbonyl (C=O) groups is 2. The SMILES string of the molecule is CC(=O)N(C(C)=O)c1nc(=O)c2c3nc4n2OP(=O)(O4)On13. The van der Waals surface area contributed by atoms with Crippen LogP contribution in [0.25, 0.3) is 11.2 Å². The van der Waals surface area contributed by atoms with E-state index in [0.717, 1.165) is 23.3 Å². The summed E-state index contributed by atoms with van der Waals surface area (Å²) in [4.78, 5) is 43.5. The molecular formula is C9H6N5O7P. The van der Waals surface area contributed by atoms with Gasteiger partial charge in [0.2, 0.25) is 17.5 Å². The van der Waals surface area contributed by atoms with Crippen molar-refractivity contribution in [3.63, 3.8) is 0 Å². The third-order valence-corrected chi connectivity index (χ3v) is 4.07. The van der Waals surface area contributed by atoms with E-state index in [0.29, 0.717) is 4.90 Å². The molecule has 1 unspecified atom stereocenters. The smallest absolute Gasteiger partial charge is 0.346 e. The van der Waals surface area contributed by atoms with Crippen molar-refractivity contribution in [2.24, 2.45) is 0 Å². The second-order valence-electron chi connectivity index (χ2n) is 4.45. The maximum Gasteiger partial charge on any atom is 0.689 e. The Kier molecular flexibility index (Phi) is 2.13. The minimum absolute atomic E-state index is 0.132. The van der Waals surface area contributed by atoms with Crippen molar-refractivity contribution in [3.05, 3.63) is 10.4 Å². The highest BCUT2D eigenvalue weighted by atomic mass is 31.2. The molecule has 6 bridgehead atoms. The summed E-state index contributed by atoms with van der Waals surface area (Å²) < 4.78 is 28.7. The number of hydrogen-bond donors (Lipinski definition) is 0. The molecule has 0 spiro atoms. The van der Waals surface area contributed by atoms with Crippen LogP contribution in [0.15, 0.2) is 4.79 Å². The largest absolute Gasteiger partial charge is 0.689 e. The van der Waals surface area contributed by atoms with Crippen molar-refractivity contribution >= 4 is 36.7 Å². The molecule has 0 saturated heterocycles. The molecule has 0 aromatic carbocycles. The lowest BCUT2D eigenvalue weighted by atomic mass is 10.5. The van der Waals surface area contributed by atoms with Crippen LogP contribution in [0.4, 0.5) is 5.95 Å². The first-order chi connectivity index (χ1) is 10.3. The maximum atomic E-state index is 12.2. The molecule has 2 amide bonds. The van der Waals surface area contributed by atoms with Crippen LogP contribution < -0.4 is 24.2 Å². The van der Waals surface area contributed by atoms with Crippen LogP contribution in [0.1, 0.15) is 13.8 Å². The van der Waals surface area contributed by atoms with Gasteiger partial charge in [0.15, 0.2) is 5.52 Å². The zero-order valence-corrected chi connectivity index (χ0v) is 11.9. The molecule has 5 rings (SSSR count). The standard InChI is InChI=1S/C9H6N5O7P/c1-3(15)12(4(2)16)8-11-7(17)5-6-10-9-13(5)20-22(18,19-9)21-14(6)8/h1-2H3. The van der Waals surface area contributed by atoms with Gasteiger partial charge in [-0.3, -0.25) is 23.6 Å². The van der Waals surface area contributed by atoms with Gasteiger partial charge in [0.1, 0.15) is 0 Å². The highest BCUT2D eigenvalue weighted by Crippen LogP contribution is 2.52. The molecule has 0 aliphatic carbocycles. The van der Waals surface area contributed by atoms with Crippen molar-refractivity contribution in [1.29, 1.82) is 0 Å². The Morgan fingerprint density at radius 1 is 1.14 bits per heavy atom. The Morgan fingerprint density at radius 2 is 1.77 bits per heavy atom. The quantitative estimate of drug-likeness (QED) is 0.596. The fourth-order valence-electron chi connectivity index (χ4n) is 2.18. The molecule has 3 aliphatic heterocycles. The Balaban J connectivity index is 2.12. The molecule has 0 radical (unpaired) electrons. The van der Waals surface area contributed by atoms with Gasteiger partial charge < -0.3 is 4.52 Å². The van der Waals surface area contributed by atoms with Gasteiger partial charge in [-0.05, 0) is 0 Å². The molecule has 0 saturated carbocycles. The van der Waals surface area contributed by atoms with E-state index in [-0.39, 0.29) is 17.2 Å².